The van der Waals surface area contributed by atoms with E-state index < -0.39 is 0 Å². The van der Waals surface area contributed by atoms with Gasteiger partial charge in [-0.2, -0.15) is 0 Å². The molecule has 0 aromatic rings. The molecule has 2 heterocycles. The molecule has 3 heteroatoms. The Balaban J connectivity index is 1.91. The second-order valence-corrected chi connectivity index (χ2v) is 4.35. The van der Waals surface area contributed by atoms with Crippen LogP contribution in [0.1, 0.15) is 13.8 Å². The van der Waals surface area contributed by atoms with Crippen molar-refractivity contribution in [1.29, 1.82) is 0 Å². The lowest BCUT2D eigenvalue weighted by molar-refractivity contribution is -0.0501. The molecule has 0 bridgehead atoms. The standard InChI is InChI=1S/C10H20N2O/c1-9(2)12-4-3-11-5-6-13-8-10(11)7-12/h9-10H,3-8H2,1-2H3/t10-/m0/s1. The molecule has 2 aliphatic heterocycles. The van der Waals surface area contributed by atoms with Gasteiger partial charge in [-0.3, -0.25) is 9.80 Å². The molecular weight excluding hydrogens is 164 g/mol. The molecular formula is C10H20N2O. The number of piperazine rings is 1. The monoisotopic (exact) mass is 184 g/mol. The van der Waals surface area contributed by atoms with Gasteiger partial charge in [0.2, 0.25) is 0 Å². The topological polar surface area (TPSA) is 15.7 Å². The Hall–Kier alpha value is -0.120. The molecule has 0 aliphatic carbocycles. The van der Waals surface area contributed by atoms with E-state index in [1.807, 2.05) is 0 Å². The molecule has 2 aliphatic rings. The molecule has 1 atom stereocenters. The van der Waals surface area contributed by atoms with Crippen molar-refractivity contribution in [2.45, 2.75) is 25.9 Å². The molecule has 0 N–H and O–H groups in total. The van der Waals surface area contributed by atoms with Gasteiger partial charge in [0.05, 0.1) is 13.2 Å². The fraction of sp³-hybridized carbons (Fsp3) is 1.00. The predicted molar refractivity (Wildman–Crippen MR) is 52.9 cm³/mol. The van der Waals surface area contributed by atoms with Gasteiger partial charge in [-0.25, -0.2) is 0 Å². The van der Waals surface area contributed by atoms with Crippen molar-refractivity contribution < 1.29 is 4.74 Å². The Morgan fingerprint density at radius 3 is 2.85 bits per heavy atom. The van der Waals surface area contributed by atoms with E-state index in [-0.39, 0.29) is 0 Å². The molecule has 2 fully saturated rings. The molecule has 76 valence electrons. The first kappa shape index (κ1) is 9.44. The van der Waals surface area contributed by atoms with Crippen molar-refractivity contribution in [1.82, 2.24) is 9.80 Å². The number of ether oxygens (including phenoxy) is 1. The van der Waals surface area contributed by atoms with E-state index in [1.165, 1.54) is 19.6 Å². The van der Waals surface area contributed by atoms with Crippen LogP contribution in [0.4, 0.5) is 0 Å². The lowest BCUT2D eigenvalue weighted by atomic mass is 10.1. The van der Waals surface area contributed by atoms with Crippen molar-refractivity contribution in [3.63, 3.8) is 0 Å². The van der Waals surface area contributed by atoms with Gasteiger partial charge in [0.15, 0.2) is 0 Å². The largest absolute Gasteiger partial charge is 0.378 e. The van der Waals surface area contributed by atoms with Gasteiger partial charge in [-0.1, -0.05) is 0 Å². The number of morpholine rings is 1. The van der Waals surface area contributed by atoms with Crippen LogP contribution < -0.4 is 0 Å². The van der Waals surface area contributed by atoms with Gasteiger partial charge in [0.25, 0.3) is 0 Å². The summed E-state index contributed by atoms with van der Waals surface area (Å²) in [5.41, 5.74) is 0. The summed E-state index contributed by atoms with van der Waals surface area (Å²) in [7, 11) is 0. The van der Waals surface area contributed by atoms with Crippen molar-refractivity contribution in [3.8, 4) is 0 Å². The van der Waals surface area contributed by atoms with Gasteiger partial charge in [-0.15, -0.1) is 0 Å². The summed E-state index contributed by atoms with van der Waals surface area (Å²) in [6, 6.07) is 1.34. The second kappa shape index (κ2) is 3.95. The smallest absolute Gasteiger partial charge is 0.0634 e. The average Bonchev–Trinajstić information content (AvgIpc) is 2.17. The Kier molecular flexibility index (Phi) is 2.86. The minimum absolute atomic E-state index is 0.657. The predicted octanol–water partition coefficient (Wildman–Crippen LogP) is 0.411. The molecule has 0 aromatic carbocycles. The summed E-state index contributed by atoms with van der Waals surface area (Å²) >= 11 is 0. The molecule has 13 heavy (non-hydrogen) atoms. The van der Waals surface area contributed by atoms with E-state index in [9.17, 15) is 0 Å². The zero-order valence-electron chi connectivity index (χ0n) is 8.70. The molecule has 0 saturated carbocycles. The van der Waals surface area contributed by atoms with E-state index >= 15 is 0 Å². The lowest BCUT2D eigenvalue weighted by Crippen LogP contribution is -2.59. The zero-order valence-corrected chi connectivity index (χ0v) is 8.70. The highest BCUT2D eigenvalue weighted by atomic mass is 16.5. The Labute approximate surface area is 80.6 Å². The maximum Gasteiger partial charge on any atom is 0.0634 e. The van der Waals surface area contributed by atoms with Crippen LogP contribution in [0.2, 0.25) is 0 Å². The molecule has 2 rings (SSSR count). The van der Waals surface area contributed by atoms with Gasteiger partial charge in [0.1, 0.15) is 0 Å². The second-order valence-electron chi connectivity index (χ2n) is 4.35. The van der Waals surface area contributed by atoms with Crippen LogP contribution in [0.15, 0.2) is 0 Å². The summed E-state index contributed by atoms with van der Waals surface area (Å²) < 4.78 is 5.50. The maximum absolute atomic E-state index is 5.50. The van der Waals surface area contributed by atoms with Crippen LogP contribution in [-0.4, -0.2) is 61.3 Å². The van der Waals surface area contributed by atoms with Crippen LogP contribution >= 0.6 is 0 Å². The highest BCUT2D eigenvalue weighted by Gasteiger charge is 2.30. The van der Waals surface area contributed by atoms with Crippen molar-refractivity contribution in [3.05, 3.63) is 0 Å². The minimum Gasteiger partial charge on any atom is -0.378 e. The van der Waals surface area contributed by atoms with Crippen LogP contribution in [0.25, 0.3) is 0 Å². The quantitative estimate of drug-likeness (QED) is 0.587. The zero-order chi connectivity index (χ0) is 9.26. The van der Waals surface area contributed by atoms with Crippen molar-refractivity contribution in [2.24, 2.45) is 0 Å². The summed E-state index contributed by atoms with van der Waals surface area (Å²) in [6.45, 7) is 11.2. The van der Waals surface area contributed by atoms with Gasteiger partial charge >= 0.3 is 0 Å². The molecule has 3 nitrogen and oxygen atoms in total. The molecule has 0 spiro atoms. The highest BCUT2D eigenvalue weighted by Crippen LogP contribution is 2.15. The normalized spacial score (nSPS) is 32.1. The number of rotatable bonds is 1. The number of hydrogen-bond donors (Lipinski definition) is 0. The Bertz CT molecular complexity index is 172. The first-order valence-corrected chi connectivity index (χ1v) is 5.33. The van der Waals surface area contributed by atoms with Crippen LogP contribution in [-0.2, 0) is 4.74 Å². The van der Waals surface area contributed by atoms with Crippen LogP contribution in [0.3, 0.4) is 0 Å². The van der Waals surface area contributed by atoms with E-state index in [4.69, 9.17) is 4.74 Å². The van der Waals surface area contributed by atoms with Crippen molar-refractivity contribution >= 4 is 0 Å². The summed E-state index contributed by atoms with van der Waals surface area (Å²) in [4.78, 5) is 5.12. The fourth-order valence-corrected chi connectivity index (χ4v) is 2.24. The summed E-state index contributed by atoms with van der Waals surface area (Å²) in [5.74, 6) is 0. The first-order chi connectivity index (χ1) is 6.27. The number of nitrogens with zero attached hydrogens (tertiary/aromatic N) is 2. The SMILES string of the molecule is CC(C)N1CCN2CCOC[C@@H]2C1. The van der Waals surface area contributed by atoms with E-state index in [1.54, 1.807) is 0 Å². The third kappa shape index (κ3) is 2.03. The maximum atomic E-state index is 5.50. The Morgan fingerprint density at radius 1 is 1.23 bits per heavy atom. The van der Waals surface area contributed by atoms with E-state index in [2.05, 4.69) is 23.6 Å². The van der Waals surface area contributed by atoms with E-state index in [0.29, 0.717) is 12.1 Å². The summed E-state index contributed by atoms with van der Waals surface area (Å²) in [6.07, 6.45) is 0. The number of hydrogen-bond acceptors (Lipinski definition) is 3. The minimum atomic E-state index is 0.657. The van der Waals surface area contributed by atoms with Crippen LogP contribution in [0.5, 0.6) is 0 Å². The average molecular weight is 184 g/mol. The third-order valence-corrected chi connectivity index (χ3v) is 3.20. The Morgan fingerprint density at radius 2 is 2.08 bits per heavy atom. The third-order valence-electron chi connectivity index (χ3n) is 3.20. The van der Waals surface area contributed by atoms with Crippen molar-refractivity contribution in [2.75, 3.05) is 39.4 Å². The van der Waals surface area contributed by atoms with Gasteiger partial charge in [0, 0.05) is 38.3 Å². The van der Waals surface area contributed by atoms with E-state index in [0.717, 1.165) is 19.8 Å². The molecule has 0 amide bonds. The number of fused-ring (bicyclic) bond motifs is 1. The van der Waals surface area contributed by atoms with Gasteiger partial charge < -0.3 is 4.74 Å². The van der Waals surface area contributed by atoms with Gasteiger partial charge in [-0.05, 0) is 13.8 Å². The molecule has 0 aromatic heterocycles. The highest BCUT2D eigenvalue weighted by molar-refractivity contribution is 4.85. The lowest BCUT2D eigenvalue weighted by Gasteiger charge is -2.45. The van der Waals surface area contributed by atoms with Crippen LogP contribution in [0, 0.1) is 0 Å². The molecule has 2 saturated heterocycles. The fourth-order valence-electron chi connectivity index (χ4n) is 2.24. The molecule has 0 unspecified atom stereocenters. The first-order valence-electron chi connectivity index (χ1n) is 5.33. The summed E-state index contributed by atoms with van der Waals surface area (Å²) in [5, 5.41) is 0. The molecule has 0 radical (unpaired) electrons.